The van der Waals surface area contributed by atoms with Crippen LogP contribution < -0.4 is 5.73 Å². The molecule has 0 aliphatic carbocycles. The van der Waals surface area contributed by atoms with Crippen LogP contribution in [0.25, 0.3) is 10.4 Å². The summed E-state index contributed by atoms with van der Waals surface area (Å²) in [5.74, 6) is -0.120. The number of phenolic OH excluding ortho intramolecular Hbond substituents is 1. The minimum absolute atomic E-state index is 0.267. The van der Waals surface area contributed by atoms with Crippen molar-refractivity contribution in [3.8, 4) is 16.2 Å². The summed E-state index contributed by atoms with van der Waals surface area (Å²) in [6, 6.07) is 11.2. The van der Waals surface area contributed by atoms with Gasteiger partial charge in [0.2, 0.25) is 0 Å². The maximum Gasteiger partial charge on any atom is 0.251 e. The summed E-state index contributed by atoms with van der Waals surface area (Å²) in [5, 5.41) is 11.4. The fourth-order valence-corrected chi connectivity index (χ4v) is 3.97. The highest BCUT2D eigenvalue weighted by molar-refractivity contribution is 7.13. The molecule has 0 aliphatic heterocycles. The van der Waals surface area contributed by atoms with Crippen molar-refractivity contribution < 1.29 is 9.90 Å². The minimum Gasteiger partial charge on any atom is -0.508 e. The number of aryl methyl sites for hydroxylation is 1. The molecule has 1 amide bonds. The van der Waals surface area contributed by atoms with Gasteiger partial charge in [-0.3, -0.25) is 4.79 Å². The van der Waals surface area contributed by atoms with Gasteiger partial charge in [0.25, 0.3) is 5.91 Å². The Morgan fingerprint density at radius 1 is 1.17 bits per heavy atom. The number of carbonyl (C=O) groups is 1. The van der Waals surface area contributed by atoms with Gasteiger partial charge >= 0.3 is 0 Å². The average molecular weight is 340 g/mol. The molecule has 0 saturated carbocycles. The second kappa shape index (κ2) is 6.53. The van der Waals surface area contributed by atoms with Crippen molar-refractivity contribution in [2.24, 2.45) is 5.73 Å². The first kappa shape index (κ1) is 16.3. The number of carbonyl (C=O) groups excluding carboxylic acids is 1. The standard InChI is InChI=1S/C19H20N2O2S/c1-12-17(16-4-3-11-24-16)18(19(20)23)13(2)21(12)10-9-14-5-7-15(22)8-6-14/h3-8,11,22H,9-10H2,1-2H3,(H2,20,23). The van der Waals surface area contributed by atoms with E-state index in [-0.39, 0.29) is 11.7 Å². The van der Waals surface area contributed by atoms with E-state index in [1.165, 1.54) is 0 Å². The zero-order valence-corrected chi connectivity index (χ0v) is 14.6. The Bertz CT molecular complexity index is 862. The lowest BCUT2D eigenvalue weighted by Crippen LogP contribution is -2.13. The quantitative estimate of drug-likeness (QED) is 0.740. The number of amides is 1. The van der Waals surface area contributed by atoms with Crippen LogP contribution in [-0.2, 0) is 13.0 Å². The summed E-state index contributed by atoms with van der Waals surface area (Å²) in [6.07, 6.45) is 0.818. The van der Waals surface area contributed by atoms with Crippen molar-refractivity contribution in [3.63, 3.8) is 0 Å². The zero-order valence-electron chi connectivity index (χ0n) is 13.7. The molecule has 0 spiro atoms. The Hall–Kier alpha value is -2.53. The third-order valence-corrected chi connectivity index (χ3v) is 5.25. The fourth-order valence-electron chi connectivity index (χ4n) is 3.15. The molecule has 0 unspecified atom stereocenters. The van der Waals surface area contributed by atoms with E-state index in [2.05, 4.69) is 4.57 Å². The summed E-state index contributed by atoms with van der Waals surface area (Å²) in [7, 11) is 0. The number of phenols is 1. The summed E-state index contributed by atoms with van der Waals surface area (Å²) >= 11 is 1.61. The summed E-state index contributed by atoms with van der Waals surface area (Å²) < 4.78 is 2.15. The van der Waals surface area contributed by atoms with E-state index in [9.17, 15) is 9.90 Å². The fraction of sp³-hybridized carbons (Fsp3) is 0.211. The number of aromatic nitrogens is 1. The predicted octanol–water partition coefficient (Wildman–Crippen LogP) is 3.88. The van der Waals surface area contributed by atoms with E-state index >= 15 is 0 Å². The highest BCUT2D eigenvalue weighted by Gasteiger charge is 2.22. The number of hydrogen-bond acceptors (Lipinski definition) is 3. The van der Waals surface area contributed by atoms with E-state index in [1.807, 2.05) is 43.5 Å². The van der Waals surface area contributed by atoms with Gasteiger partial charge < -0.3 is 15.4 Å². The molecule has 0 aliphatic rings. The molecule has 3 rings (SSSR count). The van der Waals surface area contributed by atoms with Gasteiger partial charge in [0.05, 0.1) is 5.56 Å². The minimum atomic E-state index is -0.387. The van der Waals surface area contributed by atoms with Crippen molar-refractivity contribution >= 4 is 17.2 Å². The molecule has 3 N–H and O–H groups in total. The molecule has 2 heterocycles. The second-order valence-corrected chi connectivity index (χ2v) is 6.78. The first-order valence-electron chi connectivity index (χ1n) is 7.80. The lowest BCUT2D eigenvalue weighted by molar-refractivity contribution is 0.1000. The highest BCUT2D eigenvalue weighted by atomic mass is 32.1. The lowest BCUT2D eigenvalue weighted by atomic mass is 10.1. The van der Waals surface area contributed by atoms with Crippen molar-refractivity contribution in [3.05, 3.63) is 64.3 Å². The van der Waals surface area contributed by atoms with E-state index in [4.69, 9.17) is 5.73 Å². The van der Waals surface area contributed by atoms with Crippen LogP contribution >= 0.6 is 11.3 Å². The SMILES string of the molecule is Cc1c(C(N)=O)c(-c2cccs2)c(C)n1CCc1ccc(O)cc1. The van der Waals surface area contributed by atoms with Crippen LogP contribution in [0, 0.1) is 13.8 Å². The Morgan fingerprint density at radius 2 is 1.88 bits per heavy atom. The Labute approximate surface area is 145 Å². The topological polar surface area (TPSA) is 68.2 Å². The molecule has 124 valence electrons. The molecule has 0 saturated heterocycles. The van der Waals surface area contributed by atoms with E-state index in [0.29, 0.717) is 5.56 Å². The maximum atomic E-state index is 12.0. The molecule has 0 fully saturated rings. The molecular weight excluding hydrogens is 320 g/mol. The molecule has 2 aromatic heterocycles. The first-order chi connectivity index (χ1) is 11.5. The Morgan fingerprint density at radius 3 is 2.46 bits per heavy atom. The number of aromatic hydroxyl groups is 1. The highest BCUT2D eigenvalue weighted by Crippen LogP contribution is 2.35. The number of hydrogen-bond donors (Lipinski definition) is 2. The number of rotatable bonds is 5. The Kier molecular flexibility index (Phi) is 4.44. The van der Waals surface area contributed by atoms with Gasteiger partial charge in [-0.1, -0.05) is 18.2 Å². The number of benzene rings is 1. The molecule has 1 aromatic carbocycles. The van der Waals surface area contributed by atoms with Gasteiger partial charge in [0.15, 0.2) is 0 Å². The smallest absolute Gasteiger partial charge is 0.251 e. The van der Waals surface area contributed by atoms with Crippen LogP contribution in [0.4, 0.5) is 0 Å². The van der Waals surface area contributed by atoms with Crippen molar-refractivity contribution in [2.75, 3.05) is 0 Å². The predicted molar refractivity (Wildman–Crippen MR) is 97.5 cm³/mol. The van der Waals surface area contributed by atoms with Crippen LogP contribution in [-0.4, -0.2) is 15.6 Å². The summed E-state index contributed by atoms with van der Waals surface area (Å²) in [6.45, 7) is 4.74. The van der Waals surface area contributed by atoms with Gasteiger partial charge in [-0.05, 0) is 49.4 Å². The van der Waals surface area contributed by atoms with Crippen molar-refractivity contribution in [1.82, 2.24) is 4.57 Å². The van der Waals surface area contributed by atoms with Crippen LogP contribution in [0.1, 0.15) is 27.3 Å². The zero-order chi connectivity index (χ0) is 17.3. The van der Waals surface area contributed by atoms with Gasteiger partial charge in [-0.15, -0.1) is 11.3 Å². The lowest BCUT2D eigenvalue weighted by Gasteiger charge is -2.10. The molecule has 4 nitrogen and oxygen atoms in total. The van der Waals surface area contributed by atoms with E-state index in [0.717, 1.165) is 40.4 Å². The third kappa shape index (κ3) is 2.95. The van der Waals surface area contributed by atoms with Gasteiger partial charge in [0, 0.05) is 28.4 Å². The average Bonchev–Trinajstić information content (AvgIpc) is 3.14. The van der Waals surface area contributed by atoms with Gasteiger partial charge in [0.1, 0.15) is 5.75 Å². The summed E-state index contributed by atoms with van der Waals surface area (Å²) in [5.41, 5.74) is 10.3. The van der Waals surface area contributed by atoms with Gasteiger partial charge in [-0.2, -0.15) is 0 Å². The molecule has 0 radical (unpaired) electrons. The first-order valence-corrected chi connectivity index (χ1v) is 8.68. The molecule has 0 bridgehead atoms. The van der Waals surface area contributed by atoms with E-state index in [1.54, 1.807) is 23.5 Å². The maximum absolute atomic E-state index is 12.0. The van der Waals surface area contributed by atoms with Crippen LogP contribution in [0.3, 0.4) is 0 Å². The molecule has 0 atom stereocenters. The monoisotopic (exact) mass is 340 g/mol. The molecule has 24 heavy (non-hydrogen) atoms. The molecule has 5 heteroatoms. The third-order valence-electron chi connectivity index (χ3n) is 4.36. The number of nitrogens with zero attached hydrogens (tertiary/aromatic N) is 1. The number of thiophene rings is 1. The normalized spacial score (nSPS) is 10.9. The van der Waals surface area contributed by atoms with Crippen LogP contribution in [0.2, 0.25) is 0 Å². The second-order valence-electron chi connectivity index (χ2n) is 5.83. The van der Waals surface area contributed by atoms with Gasteiger partial charge in [-0.25, -0.2) is 0 Å². The molecular formula is C19H20N2O2S. The Balaban J connectivity index is 1.98. The van der Waals surface area contributed by atoms with Crippen LogP contribution in [0.5, 0.6) is 5.75 Å². The van der Waals surface area contributed by atoms with Crippen LogP contribution in [0.15, 0.2) is 41.8 Å². The van der Waals surface area contributed by atoms with Crippen molar-refractivity contribution in [2.45, 2.75) is 26.8 Å². The largest absolute Gasteiger partial charge is 0.508 e. The number of primary amides is 1. The molecule has 3 aromatic rings. The van der Waals surface area contributed by atoms with E-state index < -0.39 is 0 Å². The van der Waals surface area contributed by atoms with Crippen molar-refractivity contribution in [1.29, 1.82) is 0 Å². The summed E-state index contributed by atoms with van der Waals surface area (Å²) in [4.78, 5) is 13.1. The number of nitrogens with two attached hydrogens (primary N) is 1.